The highest BCUT2D eigenvalue weighted by molar-refractivity contribution is 5.23. The molecule has 1 saturated heterocycles. The lowest BCUT2D eigenvalue weighted by Crippen LogP contribution is -2.49. The number of alkyl halides is 3. The molecule has 0 atom stereocenters. The third kappa shape index (κ3) is 2.75. The van der Waals surface area contributed by atoms with Crippen molar-refractivity contribution in [1.29, 1.82) is 0 Å². The van der Waals surface area contributed by atoms with Crippen LogP contribution in [0.25, 0.3) is 0 Å². The van der Waals surface area contributed by atoms with E-state index >= 15 is 0 Å². The van der Waals surface area contributed by atoms with Crippen LogP contribution in [0.4, 0.5) is 13.2 Å². The van der Waals surface area contributed by atoms with E-state index < -0.39 is 11.7 Å². The summed E-state index contributed by atoms with van der Waals surface area (Å²) >= 11 is 0. The second-order valence-corrected chi connectivity index (χ2v) is 5.78. The molecule has 0 unspecified atom stereocenters. The van der Waals surface area contributed by atoms with Crippen molar-refractivity contribution in [1.82, 2.24) is 10.3 Å². The van der Waals surface area contributed by atoms with Crippen molar-refractivity contribution in [2.45, 2.75) is 38.0 Å². The summed E-state index contributed by atoms with van der Waals surface area (Å²) in [5, 5.41) is 3.32. The molecule has 0 radical (unpaired) electrons. The summed E-state index contributed by atoms with van der Waals surface area (Å²) in [5.41, 5.74) is -0.365. The molecule has 2 heterocycles. The molecule has 1 N–H and O–H groups in total. The minimum Gasteiger partial charge on any atom is -0.474 e. The van der Waals surface area contributed by atoms with Crippen molar-refractivity contribution in [2.24, 2.45) is 5.41 Å². The van der Waals surface area contributed by atoms with Gasteiger partial charge in [-0.1, -0.05) is 0 Å². The van der Waals surface area contributed by atoms with Gasteiger partial charge in [-0.25, -0.2) is 4.98 Å². The topological polar surface area (TPSA) is 34.1 Å². The van der Waals surface area contributed by atoms with Crippen LogP contribution < -0.4 is 10.1 Å². The summed E-state index contributed by atoms with van der Waals surface area (Å²) in [6.07, 6.45) is 0.906. The Kier molecular flexibility index (Phi) is 3.36. The van der Waals surface area contributed by atoms with Crippen molar-refractivity contribution in [3.8, 4) is 5.88 Å². The van der Waals surface area contributed by atoms with Gasteiger partial charge >= 0.3 is 6.18 Å². The molecular formula is C14H17F3N2O. The molecular weight excluding hydrogens is 269 g/mol. The SMILES string of the molecule is FC(F)(F)c1ccnc(OC2CC3(CCNCC3)C2)c1. The molecule has 110 valence electrons. The van der Waals surface area contributed by atoms with Gasteiger partial charge in [-0.3, -0.25) is 0 Å². The number of aromatic nitrogens is 1. The average molecular weight is 286 g/mol. The van der Waals surface area contributed by atoms with Gasteiger partial charge in [0.25, 0.3) is 0 Å². The Morgan fingerprint density at radius 3 is 2.60 bits per heavy atom. The van der Waals surface area contributed by atoms with Crippen molar-refractivity contribution in [3.63, 3.8) is 0 Å². The summed E-state index contributed by atoms with van der Waals surface area (Å²) in [7, 11) is 0. The summed E-state index contributed by atoms with van der Waals surface area (Å²) < 4.78 is 43.4. The Bertz CT molecular complexity index is 476. The predicted molar refractivity (Wildman–Crippen MR) is 67.4 cm³/mol. The highest BCUT2D eigenvalue weighted by Crippen LogP contribution is 2.49. The van der Waals surface area contributed by atoms with E-state index in [4.69, 9.17) is 4.74 Å². The lowest BCUT2D eigenvalue weighted by Gasteiger charge is -2.49. The maximum Gasteiger partial charge on any atom is 0.416 e. The Labute approximate surface area is 115 Å². The van der Waals surface area contributed by atoms with Crippen LogP contribution in [-0.2, 0) is 6.18 Å². The largest absolute Gasteiger partial charge is 0.474 e. The number of halogens is 3. The zero-order valence-electron chi connectivity index (χ0n) is 11.0. The molecule has 1 aromatic heterocycles. The fourth-order valence-corrected chi connectivity index (χ4v) is 3.18. The van der Waals surface area contributed by atoms with Crippen LogP contribution >= 0.6 is 0 Å². The number of hydrogen-bond donors (Lipinski definition) is 1. The second kappa shape index (κ2) is 4.91. The van der Waals surface area contributed by atoms with Crippen LogP contribution in [0.5, 0.6) is 5.88 Å². The third-order valence-electron chi connectivity index (χ3n) is 4.34. The van der Waals surface area contributed by atoms with E-state index in [1.54, 1.807) is 0 Å². The minimum atomic E-state index is -4.35. The minimum absolute atomic E-state index is 0.00378. The van der Waals surface area contributed by atoms with E-state index in [2.05, 4.69) is 10.3 Å². The Morgan fingerprint density at radius 2 is 1.95 bits per heavy atom. The van der Waals surface area contributed by atoms with Gasteiger partial charge in [0.1, 0.15) is 6.10 Å². The first-order chi connectivity index (χ1) is 9.47. The first-order valence-electron chi connectivity index (χ1n) is 6.88. The zero-order chi connectivity index (χ0) is 14.2. The highest BCUT2D eigenvalue weighted by atomic mass is 19.4. The Morgan fingerprint density at radius 1 is 1.25 bits per heavy atom. The molecule has 1 spiro atoms. The zero-order valence-corrected chi connectivity index (χ0v) is 11.0. The number of nitrogens with zero attached hydrogens (tertiary/aromatic N) is 1. The number of nitrogens with one attached hydrogen (secondary N) is 1. The number of ether oxygens (including phenoxy) is 1. The lowest BCUT2D eigenvalue weighted by molar-refractivity contribution is -0.137. The second-order valence-electron chi connectivity index (χ2n) is 5.78. The van der Waals surface area contributed by atoms with Gasteiger partial charge in [-0.2, -0.15) is 13.2 Å². The molecule has 3 nitrogen and oxygen atoms in total. The van der Waals surface area contributed by atoms with E-state index in [0.717, 1.165) is 57.1 Å². The van der Waals surface area contributed by atoms with Crippen LogP contribution in [0, 0.1) is 5.41 Å². The van der Waals surface area contributed by atoms with Crippen LogP contribution in [0.2, 0.25) is 0 Å². The molecule has 1 aliphatic heterocycles. The van der Waals surface area contributed by atoms with E-state index in [1.807, 2.05) is 0 Å². The fraction of sp³-hybridized carbons (Fsp3) is 0.643. The highest BCUT2D eigenvalue weighted by Gasteiger charge is 2.46. The van der Waals surface area contributed by atoms with E-state index in [1.165, 1.54) is 0 Å². The van der Waals surface area contributed by atoms with Gasteiger partial charge in [0.05, 0.1) is 5.56 Å². The number of hydrogen-bond acceptors (Lipinski definition) is 3. The van der Waals surface area contributed by atoms with E-state index in [0.29, 0.717) is 5.41 Å². The lowest BCUT2D eigenvalue weighted by atomic mass is 9.62. The van der Waals surface area contributed by atoms with Gasteiger partial charge in [0, 0.05) is 12.3 Å². The molecule has 0 aromatic carbocycles. The van der Waals surface area contributed by atoms with Crippen LogP contribution in [0.15, 0.2) is 18.3 Å². The quantitative estimate of drug-likeness (QED) is 0.907. The molecule has 3 rings (SSSR count). The van der Waals surface area contributed by atoms with Crippen LogP contribution in [0.1, 0.15) is 31.2 Å². The smallest absolute Gasteiger partial charge is 0.416 e. The molecule has 20 heavy (non-hydrogen) atoms. The van der Waals surface area contributed by atoms with Gasteiger partial charge < -0.3 is 10.1 Å². The van der Waals surface area contributed by atoms with Gasteiger partial charge in [-0.05, 0) is 50.3 Å². The molecule has 1 aliphatic carbocycles. The van der Waals surface area contributed by atoms with Crippen molar-refractivity contribution < 1.29 is 17.9 Å². The Hall–Kier alpha value is -1.30. The van der Waals surface area contributed by atoms with Crippen molar-refractivity contribution >= 4 is 0 Å². The molecule has 1 saturated carbocycles. The molecule has 1 aromatic rings. The monoisotopic (exact) mass is 286 g/mol. The number of rotatable bonds is 2. The van der Waals surface area contributed by atoms with Crippen LogP contribution in [-0.4, -0.2) is 24.2 Å². The summed E-state index contributed by atoms with van der Waals surface area (Å²) in [4.78, 5) is 3.87. The standard InChI is InChI=1S/C14H17F3N2O/c15-14(16,17)10-1-4-19-12(7-10)20-11-8-13(9-11)2-5-18-6-3-13/h1,4,7,11,18H,2-3,5-6,8-9H2. The molecule has 2 aliphatic rings. The molecule has 6 heteroatoms. The maximum atomic E-state index is 12.6. The van der Waals surface area contributed by atoms with Gasteiger partial charge in [0.2, 0.25) is 5.88 Å². The van der Waals surface area contributed by atoms with Crippen molar-refractivity contribution in [3.05, 3.63) is 23.9 Å². The summed E-state index contributed by atoms with van der Waals surface area (Å²) in [6, 6.07) is 1.94. The maximum absolute atomic E-state index is 12.6. The van der Waals surface area contributed by atoms with Crippen molar-refractivity contribution in [2.75, 3.05) is 13.1 Å². The summed E-state index contributed by atoms with van der Waals surface area (Å²) in [5.74, 6) is 0.0774. The summed E-state index contributed by atoms with van der Waals surface area (Å²) in [6.45, 7) is 2.04. The molecule has 0 amide bonds. The first kappa shape index (κ1) is 13.7. The number of pyridine rings is 1. The van der Waals surface area contributed by atoms with Gasteiger partial charge in [0.15, 0.2) is 0 Å². The van der Waals surface area contributed by atoms with E-state index in [-0.39, 0.29) is 12.0 Å². The van der Waals surface area contributed by atoms with Crippen LogP contribution in [0.3, 0.4) is 0 Å². The number of piperidine rings is 1. The normalized spacial score (nSPS) is 22.6. The average Bonchev–Trinajstić information content (AvgIpc) is 2.37. The van der Waals surface area contributed by atoms with E-state index in [9.17, 15) is 13.2 Å². The predicted octanol–water partition coefficient (Wildman–Crippen LogP) is 3.01. The molecule has 2 fully saturated rings. The van der Waals surface area contributed by atoms with Gasteiger partial charge in [-0.15, -0.1) is 0 Å². The Balaban J connectivity index is 1.60. The first-order valence-corrected chi connectivity index (χ1v) is 6.88. The molecule has 0 bridgehead atoms. The third-order valence-corrected chi connectivity index (χ3v) is 4.34. The fourth-order valence-electron chi connectivity index (χ4n) is 3.18.